The molecule has 1 amide bonds. The van der Waals surface area contributed by atoms with Crippen LogP contribution in [0.1, 0.15) is 34.1 Å². The van der Waals surface area contributed by atoms with E-state index >= 15 is 0 Å². The summed E-state index contributed by atoms with van der Waals surface area (Å²) in [5.74, 6) is 0.924. The van der Waals surface area contributed by atoms with E-state index in [1.807, 2.05) is 39.8 Å². The summed E-state index contributed by atoms with van der Waals surface area (Å²) < 4.78 is 6.48. The molecule has 0 aliphatic rings. The highest BCUT2D eigenvalue weighted by Crippen LogP contribution is 2.25. The zero-order chi connectivity index (χ0) is 15.3. The van der Waals surface area contributed by atoms with Gasteiger partial charge in [0.25, 0.3) is 0 Å². The van der Waals surface area contributed by atoms with Crippen molar-refractivity contribution in [2.24, 2.45) is 11.7 Å². The van der Waals surface area contributed by atoms with E-state index < -0.39 is 6.04 Å². The topological polar surface area (TPSA) is 64.4 Å². The number of nitrogens with two attached hydrogens (primary N) is 1. The summed E-state index contributed by atoms with van der Waals surface area (Å²) in [6.45, 7) is 8.00. The van der Waals surface area contributed by atoms with Crippen molar-refractivity contribution in [3.8, 4) is 5.75 Å². The zero-order valence-electron chi connectivity index (χ0n) is 12.4. The maximum atomic E-state index is 12.0. The van der Waals surface area contributed by atoms with Crippen LogP contribution in [-0.4, -0.2) is 18.1 Å². The molecule has 0 heterocycles. The first-order valence-electron chi connectivity index (χ1n) is 6.81. The summed E-state index contributed by atoms with van der Waals surface area (Å²) in [4.78, 5) is 12.0. The average molecular weight is 343 g/mol. The molecule has 0 radical (unpaired) electrons. The van der Waals surface area contributed by atoms with Crippen molar-refractivity contribution in [2.75, 3.05) is 5.32 Å². The lowest BCUT2D eigenvalue weighted by Gasteiger charge is -2.16. The molecule has 3 N–H and O–H groups in total. The maximum absolute atomic E-state index is 12.0. The van der Waals surface area contributed by atoms with Gasteiger partial charge in [-0.25, -0.2) is 0 Å². The predicted octanol–water partition coefficient (Wildman–Crippen LogP) is 3.55. The highest BCUT2D eigenvalue weighted by atomic mass is 79.9. The zero-order valence-corrected chi connectivity index (χ0v) is 14.0. The van der Waals surface area contributed by atoms with Crippen LogP contribution in [0.15, 0.2) is 22.7 Å². The van der Waals surface area contributed by atoms with Gasteiger partial charge in [-0.2, -0.15) is 0 Å². The van der Waals surface area contributed by atoms with Crippen molar-refractivity contribution in [1.82, 2.24) is 0 Å². The van der Waals surface area contributed by atoms with Gasteiger partial charge in [0.05, 0.1) is 12.1 Å². The highest BCUT2D eigenvalue weighted by Gasteiger charge is 2.15. The van der Waals surface area contributed by atoms with Crippen LogP contribution in [0, 0.1) is 5.92 Å². The Kier molecular flexibility index (Phi) is 6.49. The van der Waals surface area contributed by atoms with Crippen LogP contribution in [0.4, 0.5) is 5.69 Å². The Morgan fingerprint density at radius 2 is 1.95 bits per heavy atom. The quantitative estimate of drug-likeness (QED) is 0.830. The standard InChI is InChI=1S/C15H23BrN2O2/c1-9(2)5-14(17)15(19)18-12-6-11(16)7-13(8-12)20-10(3)4/h6-10,14H,5,17H2,1-4H3,(H,18,19)/t14-/m0/s1. The van der Waals surface area contributed by atoms with E-state index in [0.29, 0.717) is 23.8 Å². The summed E-state index contributed by atoms with van der Waals surface area (Å²) in [5, 5.41) is 2.83. The number of hydrogen-bond donors (Lipinski definition) is 2. The average Bonchev–Trinajstić information content (AvgIpc) is 2.25. The van der Waals surface area contributed by atoms with Gasteiger partial charge in [0.1, 0.15) is 5.75 Å². The molecular weight excluding hydrogens is 320 g/mol. The molecule has 5 heteroatoms. The van der Waals surface area contributed by atoms with E-state index in [0.717, 1.165) is 4.47 Å². The number of carbonyl (C=O) groups excluding carboxylic acids is 1. The Morgan fingerprint density at radius 1 is 1.30 bits per heavy atom. The first-order valence-corrected chi connectivity index (χ1v) is 7.61. The van der Waals surface area contributed by atoms with Gasteiger partial charge in [-0.05, 0) is 38.3 Å². The van der Waals surface area contributed by atoms with Crippen molar-refractivity contribution in [3.63, 3.8) is 0 Å². The fourth-order valence-corrected chi connectivity index (χ4v) is 2.30. The molecule has 0 saturated heterocycles. The smallest absolute Gasteiger partial charge is 0.241 e. The number of amides is 1. The van der Waals surface area contributed by atoms with Crippen LogP contribution in [0.5, 0.6) is 5.75 Å². The summed E-state index contributed by atoms with van der Waals surface area (Å²) in [6.07, 6.45) is 0.742. The minimum absolute atomic E-state index is 0.0797. The van der Waals surface area contributed by atoms with Crippen LogP contribution in [0.3, 0.4) is 0 Å². The SMILES string of the molecule is CC(C)C[C@H](N)C(=O)Nc1cc(Br)cc(OC(C)C)c1. The van der Waals surface area contributed by atoms with E-state index in [9.17, 15) is 4.79 Å². The number of halogens is 1. The number of ether oxygens (including phenoxy) is 1. The Balaban J connectivity index is 2.76. The molecule has 20 heavy (non-hydrogen) atoms. The van der Waals surface area contributed by atoms with Crippen molar-refractivity contribution >= 4 is 27.5 Å². The number of nitrogens with one attached hydrogen (secondary N) is 1. The number of rotatable bonds is 6. The Morgan fingerprint density at radius 3 is 2.50 bits per heavy atom. The molecule has 0 aromatic heterocycles. The van der Waals surface area contributed by atoms with Crippen molar-refractivity contribution < 1.29 is 9.53 Å². The molecule has 1 aromatic carbocycles. The molecule has 0 saturated carbocycles. The fourth-order valence-electron chi connectivity index (χ4n) is 1.82. The fraction of sp³-hybridized carbons (Fsp3) is 0.533. The lowest BCUT2D eigenvalue weighted by Crippen LogP contribution is -2.36. The molecule has 1 aromatic rings. The van der Waals surface area contributed by atoms with Gasteiger partial charge in [0, 0.05) is 16.2 Å². The van der Waals surface area contributed by atoms with Gasteiger partial charge in [-0.1, -0.05) is 29.8 Å². The summed E-state index contributed by atoms with van der Waals surface area (Å²) in [6, 6.07) is 4.99. The normalized spacial score (nSPS) is 12.6. The number of hydrogen-bond acceptors (Lipinski definition) is 3. The third kappa shape index (κ3) is 5.92. The van der Waals surface area contributed by atoms with E-state index in [1.54, 1.807) is 6.07 Å². The molecule has 0 aliphatic heterocycles. The van der Waals surface area contributed by atoms with Gasteiger partial charge in [0.2, 0.25) is 5.91 Å². The highest BCUT2D eigenvalue weighted by molar-refractivity contribution is 9.10. The summed E-state index contributed by atoms with van der Waals surface area (Å²) >= 11 is 3.41. The van der Waals surface area contributed by atoms with Crippen LogP contribution < -0.4 is 15.8 Å². The molecule has 112 valence electrons. The third-order valence-electron chi connectivity index (χ3n) is 2.57. The minimum Gasteiger partial charge on any atom is -0.491 e. The van der Waals surface area contributed by atoms with E-state index in [-0.39, 0.29) is 12.0 Å². The molecule has 0 spiro atoms. The van der Waals surface area contributed by atoms with Crippen LogP contribution in [-0.2, 0) is 4.79 Å². The van der Waals surface area contributed by atoms with E-state index in [2.05, 4.69) is 21.2 Å². The number of anilines is 1. The van der Waals surface area contributed by atoms with Crippen molar-refractivity contribution in [3.05, 3.63) is 22.7 Å². The second-order valence-corrected chi connectivity index (χ2v) is 6.48. The lowest BCUT2D eigenvalue weighted by molar-refractivity contribution is -0.117. The molecule has 0 aliphatic carbocycles. The van der Waals surface area contributed by atoms with Gasteiger partial charge < -0.3 is 15.8 Å². The maximum Gasteiger partial charge on any atom is 0.241 e. The van der Waals surface area contributed by atoms with Crippen LogP contribution >= 0.6 is 15.9 Å². The third-order valence-corrected chi connectivity index (χ3v) is 3.03. The van der Waals surface area contributed by atoms with Gasteiger partial charge in [0.15, 0.2) is 0 Å². The first kappa shape index (κ1) is 17.0. The molecule has 0 unspecified atom stereocenters. The van der Waals surface area contributed by atoms with Gasteiger partial charge in [-0.15, -0.1) is 0 Å². The Bertz CT molecular complexity index is 461. The first-order chi connectivity index (χ1) is 9.27. The van der Waals surface area contributed by atoms with Crippen LogP contribution in [0.2, 0.25) is 0 Å². The van der Waals surface area contributed by atoms with Crippen molar-refractivity contribution in [2.45, 2.75) is 46.3 Å². The molecule has 1 atom stereocenters. The Labute approximate surface area is 129 Å². The molecule has 0 fully saturated rings. The minimum atomic E-state index is -0.497. The monoisotopic (exact) mass is 342 g/mol. The second-order valence-electron chi connectivity index (χ2n) is 5.57. The summed E-state index contributed by atoms with van der Waals surface area (Å²) in [7, 11) is 0. The van der Waals surface area contributed by atoms with Gasteiger partial charge in [-0.3, -0.25) is 4.79 Å². The molecular formula is C15H23BrN2O2. The van der Waals surface area contributed by atoms with Crippen LogP contribution in [0.25, 0.3) is 0 Å². The number of carbonyl (C=O) groups is 1. The largest absolute Gasteiger partial charge is 0.491 e. The molecule has 4 nitrogen and oxygen atoms in total. The van der Waals surface area contributed by atoms with Gasteiger partial charge >= 0.3 is 0 Å². The molecule has 0 bridgehead atoms. The lowest BCUT2D eigenvalue weighted by atomic mass is 10.0. The number of benzene rings is 1. The van der Waals surface area contributed by atoms with E-state index in [4.69, 9.17) is 10.5 Å². The van der Waals surface area contributed by atoms with E-state index in [1.165, 1.54) is 0 Å². The summed E-state index contributed by atoms with van der Waals surface area (Å²) in [5.41, 5.74) is 6.55. The Hall–Kier alpha value is -1.07. The predicted molar refractivity (Wildman–Crippen MR) is 86.0 cm³/mol. The molecule has 1 rings (SSSR count). The van der Waals surface area contributed by atoms with Crippen molar-refractivity contribution in [1.29, 1.82) is 0 Å². The second kappa shape index (κ2) is 7.64.